The molecule has 0 bridgehead atoms. The lowest BCUT2D eigenvalue weighted by molar-refractivity contribution is -0.145. The van der Waals surface area contributed by atoms with Crippen molar-refractivity contribution in [3.05, 3.63) is 34.9 Å². The zero-order valence-corrected chi connectivity index (χ0v) is 12.5. The summed E-state index contributed by atoms with van der Waals surface area (Å²) in [6, 6.07) is 6.21. The van der Waals surface area contributed by atoms with Gasteiger partial charge in [0.05, 0.1) is 19.1 Å². The summed E-state index contributed by atoms with van der Waals surface area (Å²) < 4.78 is 4.73. The first kappa shape index (κ1) is 14.6. The van der Waals surface area contributed by atoms with E-state index in [0.29, 0.717) is 6.54 Å². The molecule has 0 saturated carbocycles. The van der Waals surface area contributed by atoms with Gasteiger partial charge in [-0.25, -0.2) is 0 Å². The number of nitrogens with zero attached hydrogens (tertiary/aromatic N) is 1. The Bertz CT molecular complexity index is 539. The Hall–Kier alpha value is -1.84. The Morgan fingerprint density at radius 3 is 2.65 bits per heavy atom. The SMILES string of the molecule is COC(=O)C1CC(=O)N(C(C)c2ccc(C)c(C)c2)C1. The number of ether oxygens (including phenoxy) is 1. The molecule has 0 N–H and O–H groups in total. The van der Waals surface area contributed by atoms with Gasteiger partial charge in [0.15, 0.2) is 0 Å². The van der Waals surface area contributed by atoms with Crippen LogP contribution >= 0.6 is 0 Å². The Labute approximate surface area is 119 Å². The molecular formula is C16H21NO3. The van der Waals surface area contributed by atoms with Crippen LogP contribution in [0.5, 0.6) is 0 Å². The molecule has 2 rings (SSSR count). The molecule has 108 valence electrons. The highest BCUT2D eigenvalue weighted by Crippen LogP contribution is 2.29. The third-order valence-corrected chi connectivity index (χ3v) is 4.17. The van der Waals surface area contributed by atoms with E-state index in [-0.39, 0.29) is 30.3 Å². The van der Waals surface area contributed by atoms with Crippen LogP contribution in [0.2, 0.25) is 0 Å². The molecule has 2 atom stereocenters. The number of esters is 1. The normalized spacial score (nSPS) is 20.1. The molecule has 1 aliphatic heterocycles. The van der Waals surface area contributed by atoms with Crippen LogP contribution in [0.1, 0.15) is 36.1 Å². The third kappa shape index (κ3) is 2.69. The van der Waals surface area contributed by atoms with Crippen LogP contribution in [-0.2, 0) is 14.3 Å². The van der Waals surface area contributed by atoms with Gasteiger partial charge in [0.2, 0.25) is 5.91 Å². The molecule has 0 aromatic heterocycles. The standard InChI is InChI=1S/C16H21NO3/c1-10-5-6-13(7-11(10)2)12(3)17-9-14(8-15(17)18)16(19)20-4/h5-7,12,14H,8-9H2,1-4H3. The first-order chi connectivity index (χ1) is 9.43. The summed E-state index contributed by atoms with van der Waals surface area (Å²) in [6.07, 6.45) is 0.252. The van der Waals surface area contributed by atoms with Gasteiger partial charge in [0, 0.05) is 13.0 Å². The number of carbonyl (C=O) groups is 2. The lowest BCUT2D eigenvalue weighted by Gasteiger charge is -2.25. The second kappa shape index (κ2) is 5.65. The maximum atomic E-state index is 12.1. The minimum absolute atomic E-state index is 0.0172. The summed E-state index contributed by atoms with van der Waals surface area (Å²) in [5, 5.41) is 0. The van der Waals surface area contributed by atoms with E-state index in [4.69, 9.17) is 4.74 Å². The number of amides is 1. The summed E-state index contributed by atoms with van der Waals surface area (Å²) >= 11 is 0. The second-order valence-electron chi connectivity index (χ2n) is 5.49. The number of rotatable bonds is 3. The van der Waals surface area contributed by atoms with E-state index in [0.717, 1.165) is 5.56 Å². The number of carbonyl (C=O) groups excluding carboxylic acids is 2. The Balaban J connectivity index is 2.16. The van der Waals surface area contributed by atoms with Gasteiger partial charge in [-0.2, -0.15) is 0 Å². The molecule has 1 fully saturated rings. The Kier molecular flexibility index (Phi) is 4.12. The zero-order chi connectivity index (χ0) is 14.9. The van der Waals surface area contributed by atoms with Crippen molar-refractivity contribution in [3.63, 3.8) is 0 Å². The lowest BCUT2D eigenvalue weighted by Crippen LogP contribution is -2.29. The fraction of sp³-hybridized carbons (Fsp3) is 0.500. The van der Waals surface area contributed by atoms with E-state index in [2.05, 4.69) is 26.0 Å². The van der Waals surface area contributed by atoms with E-state index in [1.807, 2.05) is 13.0 Å². The molecule has 20 heavy (non-hydrogen) atoms. The number of aryl methyl sites for hydroxylation is 2. The number of hydrogen-bond acceptors (Lipinski definition) is 3. The van der Waals surface area contributed by atoms with Crippen LogP contribution in [0.3, 0.4) is 0 Å². The predicted molar refractivity (Wildman–Crippen MR) is 76.2 cm³/mol. The van der Waals surface area contributed by atoms with Crippen LogP contribution in [0, 0.1) is 19.8 Å². The van der Waals surface area contributed by atoms with Crippen LogP contribution in [0.4, 0.5) is 0 Å². The van der Waals surface area contributed by atoms with Crippen LogP contribution in [0.25, 0.3) is 0 Å². The monoisotopic (exact) mass is 275 g/mol. The molecule has 1 amide bonds. The molecule has 0 aliphatic carbocycles. The van der Waals surface area contributed by atoms with Crippen molar-refractivity contribution in [3.8, 4) is 0 Å². The van der Waals surface area contributed by atoms with Gasteiger partial charge >= 0.3 is 5.97 Å². The highest BCUT2D eigenvalue weighted by Gasteiger charge is 2.37. The second-order valence-corrected chi connectivity index (χ2v) is 5.49. The van der Waals surface area contributed by atoms with Gasteiger partial charge in [0.25, 0.3) is 0 Å². The van der Waals surface area contributed by atoms with E-state index in [9.17, 15) is 9.59 Å². The summed E-state index contributed by atoms with van der Waals surface area (Å²) in [4.78, 5) is 25.4. The van der Waals surface area contributed by atoms with Gasteiger partial charge in [-0.1, -0.05) is 18.2 Å². The molecule has 1 saturated heterocycles. The highest BCUT2D eigenvalue weighted by molar-refractivity contribution is 5.87. The number of benzene rings is 1. The maximum absolute atomic E-state index is 12.1. The Morgan fingerprint density at radius 1 is 1.35 bits per heavy atom. The van der Waals surface area contributed by atoms with Gasteiger partial charge in [-0.3, -0.25) is 9.59 Å². The molecule has 1 aliphatic rings. The summed E-state index contributed by atoms with van der Waals surface area (Å²) in [7, 11) is 1.36. The van der Waals surface area contributed by atoms with Crippen LogP contribution in [0.15, 0.2) is 18.2 Å². The minimum Gasteiger partial charge on any atom is -0.469 e. The number of methoxy groups -OCH3 is 1. The lowest BCUT2D eigenvalue weighted by atomic mass is 10.0. The van der Waals surface area contributed by atoms with Crippen molar-refractivity contribution in [1.29, 1.82) is 0 Å². The van der Waals surface area contributed by atoms with E-state index in [1.54, 1.807) is 4.90 Å². The maximum Gasteiger partial charge on any atom is 0.310 e. The smallest absolute Gasteiger partial charge is 0.310 e. The summed E-state index contributed by atoms with van der Waals surface area (Å²) in [5.74, 6) is -0.610. The fourth-order valence-electron chi connectivity index (χ4n) is 2.63. The summed E-state index contributed by atoms with van der Waals surface area (Å²) in [5.41, 5.74) is 3.55. The molecule has 1 aromatic rings. The van der Waals surface area contributed by atoms with Crippen LogP contribution < -0.4 is 0 Å². The molecule has 0 radical (unpaired) electrons. The van der Waals surface area contributed by atoms with Crippen LogP contribution in [-0.4, -0.2) is 30.4 Å². The predicted octanol–water partition coefficient (Wildman–Crippen LogP) is 2.39. The third-order valence-electron chi connectivity index (χ3n) is 4.17. The van der Waals surface area contributed by atoms with E-state index < -0.39 is 0 Å². The molecule has 0 spiro atoms. The molecule has 4 heteroatoms. The fourth-order valence-corrected chi connectivity index (χ4v) is 2.63. The molecule has 2 unspecified atom stereocenters. The van der Waals surface area contributed by atoms with Crippen molar-refractivity contribution < 1.29 is 14.3 Å². The van der Waals surface area contributed by atoms with Gasteiger partial charge < -0.3 is 9.64 Å². The number of likely N-dealkylation sites (tertiary alicyclic amines) is 1. The molecule has 4 nitrogen and oxygen atoms in total. The minimum atomic E-state index is -0.332. The van der Waals surface area contributed by atoms with Crippen molar-refractivity contribution in [1.82, 2.24) is 4.90 Å². The van der Waals surface area contributed by atoms with Crippen molar-refractivity contribution in [2.24, 2.45) is 5.92 Å². The largest absolute Gasteiger partial charge is 0.469 e. The zero-order valence-electron chi connectivity index (χ0n) is 12.5. The highest BCUT2D eigenvalue weighted by atomic mass is 16.5. The Morgan fingerprint density at radius 2 is 2.05 bits per heavy atom. The van der Waals surface area contributed by atoms with E-state index in [1.165, 1.54) is 18.2 Å². The summed E-state index contributed by atoms with van der Waals surface area (Å²) in [6.45, 7) is 6.58. The van der Waals surface area contributed by atoms with Gasteiger partial charge in [0.1, 0.15) is 0 Å². The number of hydrogen-bond donors (Lipinski definition) is 0. The first-order valence-corrected chi connectivity index (χ1v) is 6.88. The quantitative estimate of drug-likeness (QED) is 0.796. The van der Waals surface area contributed by atoms with Gasteiger partial charge in [-0.05, 0) is 37.5 Å². The topological polar surface area (TPSA) is 46.6 Å². The molecule has 1 heterocycles. The molecular weight excluding hydrogens is 254 g/mol. The van der Waals surface area contributed by atoms with Gasteiger partial charge in [-0.15, -0.1) is 0 Å². The molecule has 1 aromatic carbocycles. The van der Waals surface area contributed by atoms with E-state index >= 15 is 0 Å². The van der Waals surface area contributed by atoms with Crippen molar-refractivity contribution in [2.75, 3.05) is 13.7 Å². The average molecular weight is 275 g/mol. The first-order valence-electron chi connectivity index (χ1n) is 6.88. The van der Waals surface area contributed by atoms with Crippen molar-refractivity contribution >= 4 is 11.9 Å². The van der Waals surface area contributed by atoms with Crippen molar-refractivity contribution in [2.45, 2.75) is 33.2 Å². The average Bonchev–Trinajstić information content (AvgIpc) is 2.82.